The molecular formula is C24H30N4O4S. The molecule has 4 rings (SSSR count). The molecule has 1 atom stereocenters. The molecule has 0 aliphatic carbocycles. The molecule has 2 heterocycles. The molecule has 8 nitrogen and oxygen atoms in total. The first-order valence-corrected chi connectivity index (χ1v) is 12.7. The van der Waals surface area contributed by atoms with Gasteiger partial charge in [0.1, 0.15) is 24.2 Å². The van der Waals surface area contributed by atoms with Gasteiger partial charge >= 0.3 is 0 Å². The van der Waals surface area contributed by atoms with Crippen LogP contribution in [0.1, 0.15) is 19.4 Å². The average Bonchev–Trinajstić information content (AvgIpc) is 3.08. The summed E-state index contributed by atoms with van der Waals surface area (Å²) in [5.74, 6) is 0.962. The van der Waals surface area contributed by atoms with Gasteiger partial charge in [-0.25, -0.2) is 8.42 Å². The van der Waals surface area contributed by atoms with Gasteiger partial charge in [-0.1, -0.05) is 44.2 Å². The van der Waals surface area contributed by atoms with Crippen LogP contribution < -0.4 is 9.46 Å². The molecule has 2 aliphatic rings. The Kier molecular flexibility index (Phi) is 6.99. The van der Waals surface area contributed by atoms with Crippen molar-refractivity contribution < 1.29 is 17.9 Å². The van der Waals surface area contributed by atoms with Crippen molar-refractivity contribution in [1.29, 1.82) is 0 Å². The summed E-state index contributed by atoms with van der Waals surface area (Å²) in [7, 11) is -3.64. The number of carbonyl (C=O) groups is 1. The number of nitrogens with zero attached hydrogens (tertiary/aromatic N) is 3. The summed E-state index contributed by atoms with van der Waals surface area (Å²) in [6.07, 6.45) is 0. The molecule has 1 saturated heterocycles. The van der Waals surface area contributed by atoms with Gasteiger partial charge < -0.3 is 9.64 Å². The molecule has 2 aromatic carbocycles. The molecule has 2 aliphatic heterocycles. The number of piperazine rings is 1. The first-order chi connectivity index (χ1) is 15.8. The fraction of sp³-hybridized carbons (Fsp3) is 0.417. The number of fused-ring (bicyclic) bond motifs is 1. The van der Waals surface area contributed by atoms with Gasteiger partial charge in [0.05, 0.1) is 4.90 Å². The number of rotatable bonds is 7. The number of benzene rings is 2. The van der Waals surface area contributed by atoms with Gasteiger partial charge in [-0.3, -0.25) is 19.4 Å². The number of aliphatic imine (C=N–C) groups is 1. The standard InChI is InChI=1S/C24H30N4O4S/c1-18(2)22(25-23-20-10-6-7-11-21(20)33(30,31)26-23)24(29)28-14-12-27(13-15-28)16-17-32-19-8-4-3-5-9-19/h3-11,18,22H,12-17H2,1-2H3,(H,25,26)/t22-/m0/s1. The molecule has 1 fully saturated rings. The van der Waals surface area contributed by atoms with Crippen LogP contribution in [0.15, 0.2) is 64.5 Å². The number of carbonyl (C=O) groups excluding carboxylic acids is 1. The zero-order chi connectivity index (χ0) is 23.4. The number of amidine groups is 1. The molecule has 0 saturated carbocycles. The number of nitrogens with one attached hydrogen (secondary N) is 1. The van der Waals surface area contributed by atoms with Crippen LogP contribution in [0.3, 0.4) is 0 Å². The highest BCUT2D eigenvalue weighted by Crippen LogP contribution is 2.24. The van der Waals surface area contributed by atoms with Crippen LogP contribution in [-0.2, 0) is 14.8 Å². The van der Waals surface area contributed by atoms with Crippen molar-refractivity contribution in [1.82, 2.24) is 14.5 Å². The van der Waals surface area contributed by atoms with Crippen LogP contribution >= 0.6 is 0 Å². The fourth-order valence-electron chi connectivity index (χ4n) is 4.05. The number of hydrogen-bond acceptors (Lipinski definition) is 6. The predicted molar refractivity (Wildman–Crippen MR) is 127 cm³/mol. The Balaban J connectivity index is 1.36. The molecule has 2 aromatic rings. The lowest BCUT2D eigenvalue weighted by atomic mass is 10.0. The third kappa shape index (κ3) is 5.36. The molecule has 9 heteroatoms. The largest absolute Gasteiger partial charge is 0.492 e. The van der Waals surface area contributed by atoms with Gasteiger partial charge in [0, 0.05) is 38.3 Å². The van der Waals surface area contributed by atoms with Crippen molar-refractivity contribution in [2.24, 2.45) is 10.9 Å². The van der Waals surface area contributed by atoms with Crippen LogP contribution in [0.2, 0.25) is 0 Å². The summed E-state index contributed by atoms with van der Waals surface area (Å²) >= 11 is 0. The zero-order valence-electron chi connectivity index (χ0n) is 19.0. The van der Waals surface area contributed by atoms with E-state index in [-0.39, 0.29) is 22.6 Å². The maximum absolute atomic E-state index is 13.3. The fourth-order valence-corrected chi connectivity index (χ4v) is 5.29. The van der Waals surface area contributed by atoms with E-state index in [2.05, 4.69) is 14.6 Å². The van der Waals surface area contributed by atoms with E-state index in [9.17, 15) is 13.2 Å². The smallest absolute Gasteiger partial charge is 0.263 e. The second-order valence-electron chi connectivity index (χ2n) is 8.60. The number of sulfonamides is 1. The summed E-state index contributed by atoms with van der Waals surface area (Å²) in [6.45, 7) is 8.01. The van der Waals surface area contributed by atoms with Crippen molar-refractivity contribution in [3.63, 3.8) is 0 Å². The third-order valence-electron chi connectivity index (χ3n) is 5.92. The van der Waals surface area contributed by atoms with E-state index in [1.54, 1.807) is 24.3 Å². The van der Waals surface area contributed by atoms with Gasteiger partial charge in [-0.2, -0.15) is 0 Å². The molecular weight excluding hydrogens is 440 g/mol. The average molecular weight is 471 g/mol. The van der Waals surface area contributed by atoms with Crippen molar-refractivity contribution in [2.75, 3.05) is 39.3 Å². The van der Waals surface area contributed by atoms with E-state index in [4.69, 9.17) is 4.74 Å². The second kappa shape index (κ2) is 9.93. The minimum absolute atomic E-state index is 0.0683. The molecule has 0 unspecified atom stereocenters. The third-order valence-corrected chi connectivity index (χ3v) is 7.32. The zero-order valence-corrected chi connectivity index (χ0v) is 19.8. The van der Waals surface area contributed by atoms with Gasteiger partial charge in [-0.05, 0) is 30.2 Å². The van der Waals surface area contributed by atoms with Crippen LogP contribution in [-0.4, -0.2) is 75.3 Å². The SMILES string of the molecule is CC(C)[C@H](N=C1NS(=O)(=O)c2ccccc21)C(=O)N1CCN(CCOc2ccccc2)CC1. The molecule has 0 aromatic heterocycles. The summed E-state index contributed by atoms with van der Waals surface area (Å²) in [5, 5.41) is 0. The van der Waals surface area contributed by atoms with Gasteiger partial charge in [0.2, 0.25) is 5.91 Å². The molecule has 1 N–H and O–H groups in total. The summed E-state index contributed by atoms with van der Waals surface area (Å²) in [6, 6.07) is 15.8. The van der Waals surface area contributed by atoms with Crippen LogP contribution in [0.4, 0.5) is 0 Å². The predicted octanol–water partition coefficient (Wildman–Crippen LogP) is 1.97. The molecule has 176 valence electrons. The van der Waals surface area contributed by atoms with Crippen molar-refractivity contribution in [2.45, 2.75) is 24.8 Å². The molecule has 33 heavy (non-hydrogen) atoms. The Labute approximate surface area is 195 Å². The number of ether oxygens (including phenoxy) is 1. The van der Waals surface area contributed by atoms with Gasteiger partial charge in [-0.15, -0.1) is 0 Å². The van der Waals surface area contributed by atoms with Crippen LogP contribution in [0, 0.1) is 5.92 Å². The number of hydrogen-bond donors (Lipinski definition) is 1. The highest BCUT2D eigenvalue weighted by atomic mass is 32.2. The first-order valence-electron chi connectivity index (χ1n) is 11.2. The lowest BCUT2D eigenvalue weighted by Crippen LogP contribution is -2.52. The highest BCUT2D eigenvalue weighted by Gasteiger charge is 2.34. The van der Waals surface area contributed by atoms with Crippen LogP contribution in [0.5, 0.6) is 5.75 Å². The quantitative estimate of drug-likeness (QED) is 0.668. The minimum atomic E-state index is -3.64. The maximum Gasteiger partial charge on any atom is 0.263 e. The molecule has 0 bridgehead atoms. The van der Waals surface area contributed by atoms with E-state index in [1.807, 2.05) is 49.1 Å². The molecule has 0 radical (unpaired) electrons. The summed E-state index contributed by atoms with van der Waals surface area (Å²) in [4.78, 5) is 22.2. The van der Waals surface area contributed by atoms with Crippen molar-refractivity contribution in [3.8, 4) is 5.75 Å². The summed E-state index contributed by atoms with van der Waals surface area (Å²) in [5.41, 5.74) is 0.513. The number of para-hydroxylation sites is 1. The van der Waals surface area contributed by atoms with E-state index in [1.165, 1.54) is 0 Å². The van der Waals surface area contributed by atoms with E-state index in [0.717, 1.165) is 25.4 Å². The van der Waals surface area contributed by atoms with Gasteiger partial charge in [0.25, 0.3) is 10.0 Å². The normalized spacial score (nSPS) is 19.8. The lowest BCUT2D eigenvalue weighted by Gasteiger charge is -2.36. The van der Waals surface area contributed by atoms with Crippen molar-refractivity contribution in [3.05, 3.63) is 60.2 Å². The number of amides is 1. The van der Waals surface area contributed by atoms with Crippen molar-refractivity contribution >= 4 is 21.8 Å². The maximum atomic E-state index is 13.3. The minimum Gasteiger partial charge on any atom is -0.492 e. The van der Waals surface area contributed by atoms with E-state index >= 15 is 0 Å². The topological polar surface area (TPSA) is 91.3 Å². The monoisotopic (exact) mass is 470 g/mol. The molecule has 1 amide bonds. The molecule has 0 spiro atoms. The Morgan fingerprint density at radius 2 is 1.70 bits per heavy atom. The van der Waals surface area contributed by atoms with Gasteiger partial charge in [0.15, 0.2) is 0 Å². The Morgan fingerprint density at radius 3 is 2.39 bits per heavy atom. The van der Waals surface area contributed by atoms with E-state index < -0.39 is 16.1 Å². The first kappa shape index (κ1) is 23.3. The Hall–Kier alpha value is -2.91. The highest BCUT2D eigenvalue weighted by molar-refractivity contribution is 7.90. The summed E-state index contributed by atoms with van der Waals surface area (Å²) < 4.78 is 33.1. The lowest BCUT2D eigenvalue weighted by molar-refractivity contribution is -0.135. The second-order valence-corrected chi connectivity index (χ2v) is 10.2. The van der Waals surface area contributed by atoms with Crippen LogP contribution in [0.25, 0.3) is 0 Å². The van der Waals surface area contributed by atoms with E-state index in [0.29, 0.717) is 25.3 Å². The Morgan fingerprint density at radius 1 is 1.03 bits per heavy atom. The Bertz CT molecular complexity index is 1110.